The van der Waals surface area contributed by atoms with E-state index in [4.69, 9.17) is 0 Å². The Hall–Kier alpha value is -3.16. The molecule has 0 fully saturated rings. The fraction of sp³-hybridized carbons (Fsp3) is 0.333. The van der Waals surface area contributed by atoms with Crippen LogP contribution in [0.3, 0.4) is 0 Å². The summed E-state index contributed by atoms with van der Waals surface area (Å²) in [6.07, 6.45) is 4.33. The van der Waals surface area contributed by atoms with Crippen molar-refractivity contribution in [2.24, 2.45) is 0 Å². The number of amides is 2. The maximum atomic E-state index is 12.3. The molecule has 136 valence electrons. The highest BCUT2D eigenvalue weighted by atomic mass is 16.2. The Balaban J connectivity index is 1.51. The highest BCUT2D eigenvalue weighted by Gasteiger charge is 2.09. The number of aromatic amines is 1. The fourth-order valence-corrected chi connectivity index (χ4v) is 2.57. The second kappa shape index (κ2) is 7.81. The Bertz CT molecular complexity index is 866. The molecular formula is C18H23N7O. The molecule has 0 aliphatic carbocycles. The van der Waals surface area contributed by atoms with Crippen LogP contribution < -0.4 is 5.32 Å². The molecule has 0 radical (unpaired) electrons. The minimum Gasteiger partial charge on any atom is -0.333 e. The molecule has 8 nitrogen and oxygen atoms in total. The second-order valence-corrected chi connectivity index (χ2v) is 6.23. The topological polar surface area (TPSA) is 91.7 Å². The van der Waals surface area contributed by atoms with Gasteiger partial charge in [-0.2, -0.15) is 5.10 Å². The lowest BCUT2D eigenvalue weighted by Crippen LogP contribution is -2.33. The number of anilines is 1. The van der Waals surface area contributed by atoms with E-state index >= 15 is 0 Å². The van der Waals surface area contributed by atoms with Crippen LogP contribution in [0.1, 0.15) is 23.0 Å². The van der Waals surface area contributed by atoms with Gasteiger partial charge in [-0.1, -0.05) is 12.1 Å². The normalized spacial score (nSPS) is 10.7. The Kier molecular flexibility index (Phi) is 5.31. The highest BCUT2D eigenvalue weighted by molar-refractivity contribution is 5.89. The molecule has 0 spiro atoms. The van der Waals surface area contributed by atoms with E-state index in [0.29, 0.717) is 19.5 Å². The van der Waals surface area contributed by atoms with E-state index in [9.17, 15) is 4.79 Å². The third-order valence-corrected chi connectivity index (χ3v) is 4.16. The lowest BCUT2D eigenvalue weighted by molar-refractivity contribution is 0.220. The van der Waals surface area contributed by atoms with Crippen molar-refractivity contribution in [1.82, 2.24) is 29.6 Å². The number of hydrogen-bond acceptors (Lipinski definition) is 4. The van der Waals surface area contributed by atoms with Crippen molar-refractivity contribution in [3.63, 3.8) is 0 Å². The van der Waals surface area contributed by atoms with E-state index in [1.54, 1.807) is 18.1 Å². The summed E-state index contributed by atoms with van der Waals surface area (Å²) < 4.78 is 2.02. The van der Waals surface area contributed by atoms with Gasteiger partial charge in [-0.15, -0.1) is 0 Å². The number of carbonyl (C=O) groups excluding carboxylic acids is 1. The summed E-state index contributed by atoms with van der Waals surface area (Å²) in [4.78, 5) is 22.4. The minimum absolute atomic E-state index is 0.139. The van der Waals surface area contributed by atoms with Crippen LogP contribution in [0.2, 0.25) is 0 Å². The molecule has 0 atom stereocenters. The molecule has 0 saturated carbocycles. The van der Waals surface area contributed by atoms with Crippen LogP contribution in [0.25, 0.3) is 0 Å². The third kappa shape index (κ3) is 4.47. The Morgan fingerprint density at radius 2 is 2.04 bits per heavy atom. The average molecular weight is 353 g/mol. The molecule has 2 aromatic heterocycles. The number of urea groups is 1. The van der Waals surface area contributed by atoms with Gasteiger partial charge in [0.25, 0.3) is 0 Å². The summed E-state index contributed by atoms with van der Waals surface area (Å²) in [6.45, 7) is 5.14. The Labute approximate surface area is 152 Å². The number of aromatic nitrogens is 5. The first-order valence-electron chi connectivity index (χ1n) is 8.48. The first kappa shape index (κ1) is 17.7. The van der Waals surface area contributed by atoms with Crippen LogP contribution in [0.5, 0.6) is 0 Å². The van der Waals surface area contributed by atoms with Gasteiger partial charge in [0.2, 0.25) is 0 Å². The van der Waals surface area contributed by atoms with Crippen LogP contribution >= 0.6 is 0 Å². The van der Waals surface area contributed by atoms with Crippen molar-refractivity contribution in [3.8, 4) is 0 Å². The smallest absolute Gasteiger partial charge is 0.321 e. The average Bonchev–Trinajstić information content (AvgIpc) is 3.22. The van der Waals surface area contributed by atoms with Crippen molar-refractivity contribution < 1.29 is 4.79 Å². The molecule has 1 aromatic carbocycles. The molecule has 3 rings (SSSR count). The number of carbonyl (C=O) groups is 1. The van der Waals surface area contributed by atoms with Gasteiger partial charge >= 0.3 is 6.03 Å². The highest BCUT2D eigenvalue weighted by Crippen LogP contribution is 2.12. The van der Waals surface area contributed by atoms with Crippen molar-refractivity contribution in [2.75, 3.05) is 18.9 Å². The van der Waals surface area contributed by atoms with Crippen LogP contribution in [-0.2, 0) is 13.0 Å². The van der Waals surface area contributed by atoms with Crippen LogP contribution in [0, 0.1) is 13.8 Å². The van der Waals surface area contributed by atoms with Gasteiger partial charge in [0.05, 0.1) is 0 Å². The zero-order chi connectivity index (χ0) is 18.5. The standard InChI is InChI=1S/C18H23N7O/c1-13-20-17(23-22-13)12-15-4-6-16(7-5-15)21-18(26)24(3)10-11-25-9-8-19-14(25)2/h4-9H,10-12H2,1-3H3,(H,21,26)(H,20,22,23). The largest absolute Gasteiger partial charge is 0.333 e. The quantitative estimate of drug-likeness (QED) is 0.712. The summed E-state index contributed by atoms with van der Waals surface area (Å²) in [6, 6.07) is 7.58. The van der Waals surface area contributed by atoms with Crippen molar-refractivity contribution in [3.05, 3.63) is 59.7 Å². The number of imidazole rings is 1. The lowest BCUT2D eigenvalue weighted by atomic mass is 10.1. The molecule has 26 heavy (non-hydrogen) atoms. The molecule has 2 N–H and O–H groups in total. The second-order valence-electron chi connectivity index (χ2n) is 6.23. The first-order chi connectivity index (χ1) is 12.5. The molecule has 2 heterocycles. The number of nitrogens with zero attached hydrogens (tertiary/aromatic N) is 5. The van der Waals surface area contributed by atoms with E-state index in [1.165, 1.54) is 0 Å². The molecule has 0 aliphatic heterocycles. The summed E-state index contributed by atoms with van der Waals surface area (Å²) in [7, 11) is 1.78. The molecular weight excluding hydrogens is 330 g/mol. The number of hydrogen-bond donors (Lipinski definition) is 2. The van der Waals surface area contributed by atoms with Crippen LogP contribution in [0.4, 0.5) is 10.5 Å². The van der Waals surface area contributed by atoms with Gasteiger partial charge in [-0.3, -0.25) is 5.10 Å². The van der Waals surface area contributed by atoms with E-state index < -0.39 is 0 Å². The third-order valence-electron chi connectivity index (χ3n) is 4.16. The van der Waals surface area contributed by atoms with E-state index in [2.05, 4.69) is 25.5 Å². The summed E-state index contributed by atoms with van der Waals surface area (Å²) in [5.74, 6) is 2.50. The van der Waals surface area contributed by atoms with E-state index in [0.717, 1.165) is 28.7 Å². The summed E-state index contributed by atoms with van der Waals surface area (Å²) in [5, 5.41) is 9.88. The Morgan fingerprint density at radius 1 is 1.27 bits per heavy atom. The van der Waals surface area contributed by atoms with Crippen molar-refractivity contribution in [2.45, 2.75) is 26.8 Å². The van der Waals surface area contributed by atoms with Crippen molar-refractivity contribution in [1.29, 1.82) is 0 Å². The van der Waals surface area contributed by atoms with Gasteiger partial charge in [0, 0.05) is 44.6 Å². The molecule has 0 bridgehead atoms. The summed E-state index contributed by atoms with van der Waals surface area (Å²) >= 11 is 0. The molecule has 0 unspecified atom stereocenters. The predicted octanol–water partition coefficient (Wildman–Crippen LogP) is 2.37. The van der Waals surface area contributed by atoms with Crippen LogP contribution in [-0.4, -0.2) is 49.3 Å². The molecule has 3 aromatic rings. The molecule has 2 amide bonds. The predicted molar refractivity (Wildman–Crippen MR) is 99.0 cm³/mol. The zero-order valence-corrected chi connectivity index (χ0v) is 15.2. The van der Waals surface area contributed by atoms with Crippen LogP contribution in [0.15, 0.2) is 36.7 Å². The van der Waals surface area contributed by atoms with Gasteiger partial charge < -0.3 is 14.8 Å². The summed E-state index contributed by atoms with van der Waals surface area (Å²) in [5.41, 5.74) is 1.85. The lowest BCUT2D eigenvalue weighted by Gasteiger charge is -2.18. The number of aryl methyl sites for hydroxylation is 2. The van der Waals surface area contributed by atoms with Gasteiger partial charge in [0.1, 0.15) is 11.6 Å². The maximum Gasteiger partial charge on any atom is 0.321 e. The monoisotopic (exact) mass is 353 g/mol. The SMILES string of the molecule is Cc1nc(Cc2ccc(NC(=O)N(C)CCn3ccnc3C)cc2)n[nH]1. The molecule has 0 saturated heterocycles. The van der Waals surface area contributed by atoms with Crippen molar-refractivity contribution >= 4 is 11.7 Å². The Morgan fingerprint density at radius 3 is 2.65 bits per heavy atom. The minimum atomic E-state index is -0.139. The van der Waals surface area contributed by atoms with Gasteiger partial charge in [0.15, 0.2) is 5.82 Å². The number of rotatable bonds is 6. The van der Waals surface area contributed by atoms with E-state index in [-0.39, 0.29) is 6.03 Å². The number of H-pyrrole nitrogens is 1. The van der Waals surface area contributed by atoms with Gasteiger partial charge in [-0.25, -0.2) is 14.8 Å². The fourth-order valence-electron chi connectivity index (χ4n) is 2.57. The first-order valence-corrected chi connectivity index (χ1v) is 8.48. The molecule has 0 aliphatic rings. The molecule has 8 heteroatoms. The van der Waals surface area contributed by atoms with Gasteiger partial charge in [-0.05, 0) is 31.5 Å². The zero-order valence-electron chi connectivity index (χ0n) is 15.2. The maximum absolute atomic E-state index is 12.3. The van der Waals surface area contributed by atoms with E-state index in [1.807, 2.05) is 48.9 Å². The number of likely N-dealkylation sites (N-methyl/N-ethyl adjacent to an activating group) is 1. The number of nitrogens with one attached hydrogen (secondary N) is 2. The number of benzene rings is 1.